The Kier molecular flexibility index (Phi) is 5.89. The molecule has 0 aliphatic heterocycles. The molecule has 5 nitrogen and oxygen atoms in total. The molecular formula is C16H12BrClN2O3S. The molecule has 2 rings (SSSR count). The molecule has 0 bridgehead atoms. The summed E-state index contributed by atoms with van der Waals surface area (Å²) >= 11 is 9.33. The van der Waals surface area contributed by atoms with E-state index < -0.39 is 14.7 Å². The van der Waals surface area contributed by atoms with Crippen LogP contribution in [0.25, 0.3) is 0 Å². The highest BCUT2D eigenvalue weighted by atomic mass is 79.9. The number of benzene rings is 2. The molecule has 0 atom stereocenters. The molecule has 124 valence electrons. The number of nitriles is 1. The number of hydrogen-bond donors (Lipinski definition) is 1. The van der Waals surface area contributed by atoms with Gasteiger partial charge in [0.05, 0.1) is 22.7 Å². The lowest BCUT2D eigenvalue weighted by Crippen LogP contribution is -2.05. The van der Waals surface area contributed by atoms with Gasteiger partial charge in [-0.2, -0.15) is 5.26 Å². The van der Waals surface area contributed by atoms with Crippen LogP contribution in [0.2, 0.25) is 5.02 Å². The molecule has 24 heavy (non-hydrogen) atoms. The standard InChI is InChI=1S/C16H12BrClN2O3S/c1-23-12-3-5-13(6-4-12)24(21,22)14(9-19)10-20-16-7-2-11(17)8-15(16)18/h2-8,10,20H,1H3/b14-10+. The van der Waals surface area contributed by atoms with E-state index in [1.165, 1.54) is 31.4 Å². The highest BCUT2D eigenvalue weighted by Crippen LogP contribution is 2.27. The first-order valence-electron chi connectivity index (χ1n) is 6.59. The summed E-state index contributed by atoms with van der Waals surface area (Å²) in [6, 6.07) is 12.6. The van der Waals surface area contributed by atoms with E-state index in [1.807, 2.05) is 0 Å². The van der Waals surface area contributed by atoms with Crippen molar-refractivity contribution >= 4 is 43.1 Å². The lowest BCUT2D eigenvalue weighted by Gasteiger charge is -2.07. The Hall–Kier alpha value is -2.01. The van der Waals surface area contributed by atoms with Crippen LogP contribution in [0.1, 0.15) is 0 Å². The number of allylic oxidation sites excluding steroid dienone is 1. The lowest BCUT2D eigenvalue weighted by molar-refractivity contribution is 0.414. The third-order valence-corrected chi connectivity index (χ3v) is 5.55. The fourth-order valence-electron chi connectivity index (χ4n) is 1.80. The Bertz CT molecular complexity index is 919. The maximum Gasteiger partial charge on any atom is 0.218 e. The second-order valence-electron chi connectivity index (χ2n) is 4.57. The summed E-state index contributed by atoms with van der Waals surface area (Å²) in [6.45, 7) is 0. The Morgan fingerprint density at radius 1 is 1.29 bits per heavy atom. The molecule has 0 aromatic heterocycles. The monoisotopic (exact) mass is 426 g/mol. The minimum absolute atomic E-state index is 0.000182. The zero-order chi connectivity index (χ0) is 17.7. The van der Waals surface area contributed by atoms with E-state index >= 15 is 0 Å². The predicted octanol–water partition coefficient (Wildman–Crippen LogP) is 4.36. The molecule has 1 N–H and O–H groups in total. The van der Waals surface area contributed by atoms with Crippen LogP contribution in [0.3, 0.4) is 0 Å². The van der Waals surface area contributed by atoms with Gasteiger partial charge in [-0.25, -0.2) is 8.42 Å². The van der Waals surface area contributed by atoms with Gasteiger partial charge in [0.15, 0.2) is 4.91 Å². The second-order valence-corrected chi connectivity index (χ2v) is 7.81. The molecule has 0 radical (unpaired) electrons. The van der Waals surface area contributed by atoms with Crippen molar-refractivity contribution in [2.75, 3.05) is 12.4 Å². The van der Waals surface area contributed by atoms with Crippen molar-refractivity contribution in [2.24, 2.45) is 0 Å². The first kappa shape index (κ1) is 18.3. The van der Waals surface area contributed by atoms with Crippen LogP contribution < -0.4 is 10.1 Å². The average molecular weight is 428 g/mol. The van der Waals surface area contributed by atoms with E-state index in [4.69, 9.17) is 16.3 Å². The molecule has 0 heterocycles. The molecule has 0 saturated carbocycles. The fraction of sp³-hybridized carbons (Fsp3) is 0.0625. The number of nitrogens with zero attached hydrogens (tertiary/aromatic N) is 1. The van der Waals surface area contributed by atoms with Gasteiger partial charge in [0.1, 0.15) is 11.8 Å². The summed E-state index contributed by atoms with van der Waals surface area (Å²) in [5, 5.41) is 12.3. The number of ether oxygens (including phenoxy) is 1. The summed E-state index contributed by atoms with van der Waals surface area (Å²) in [5.41, 5.74) is 0.484. The third-order valence-electron chi connectivity index (χ3n) is 3.06. The Balaban J connectivity index is 2.33. The number of methoxy groups -OCH3 is 1. The molecule has 2 aromatic carbocycles. The maximum atomic E-state index is 12.5. The average Bonchev–Trinajstić information content (AvgIpc) is 2.57. The van der Waals surface area contributed by atoms with E-state index in [1.54, 1.807) is 24.3 Å². The first-order valence-corrected chi connectivity index (χ1v) is 9.25. The first-order chi connectivity index (χ1) is 11.4. The van der Waals surface area contributed by atoms with Gasteiger partial charge in [0.25, 0.3) is 0 Å². The fourth-order valence-corrected chi connectivity index (χ4v) is 3.61. The number of anilines is 1. The highest BCUT2D eigenvalue weighted by Gasteiger charge is 2.21. The van der Waals surface area contributed by atoms with Crippen molar-refractivity contribution in [3.8, 4) is 11.8 Å². The number of rotatable bonds is 5. The molecule has 0 spiro atoms. The number of nitrogens with one attached hydrogen (secondary N) is 1. The van der Waals surface area contributed by atoms with Gasteiger partial charge in [-0.3, -0.25) is 0 Å². The molecule has 8 heteroatoms. The Morgan fingerprint density at radius 2 is 1.96 bits per heavy atom. The normalized spacial score (nSPS) is 11.7. The van der Waals surface area contributed by atoms with E-state index in [9.17, 15) is 13.7 Å². The van der Waals surface area contributed by atoms with E-state index in [-0.39, 0.29) is 4.90 Å². The van der Waals surface area contributed by atoms with Crippen LogP contribution in [0.4, 0.5) is 5.69 Å². The van der Waals surface area contributed by atoms with Crippen LogP contribution in [-0.4, -0.2) is 15.5 Å². The minimum Gasteiger partial charge on any atom is -0.497 e. The van der Waals surface area contributed by atoms with Gasteiger partial charge >= 0.3 is 0 Å². The van der Waals surface area contributed by atoms with Gasteiger partial charge in [-0.15, -0.1) is 0 Å². The Morgan fingerprint density at radius 3 is 2.50 bits per heavy atom. The molecule has 0 amide bonds. The van der Waals surface area contributed by atoms with Crippen molar-refractivity contribution in [2.45, 2.75) is 4.90 Å². The summed E-state index contributed by atoms with van der Waals surface area (Å²) in [7, 11) is -2.46. The molecule has 0 aliphatic carbocycles. The number of sulfone groups is 1. The topological polar surface area (TPSA) is 79.2 Å². The minimum atomic E-state index is -3.94. The van der Waals surface area contributed by atoms with Crippen molar-refractivity contribution in [1.29, 1.82) is 5.26 Å². The van der Waals surface area contributed by atoms with Gasteiger partial charge in [-0.05, 0) is 42.5 Å². The van der Waals surface area contributed by atoms with E-state index in [0.717, 1.165) is 10.7 Å². The van der Waals surface area contributed by atoms with Crippen LogP contribution in [-0.2, 0) is 9.84 Å². The van der Waals surface area contributed by atoms with Gasteiger partial charge < -0.3 is 10.1 Å². The molecular weight excluding hydrogens is 416 g/mol. The molecule has 2 aromatic rings. The summed E-state index contributed by atoms with van der Waals surface area (Å²) in [6.07, 6.45) is 1.12. The zero-order valence-electron chi connectivity index (χ0n) is 12.5. The smallest absolute Gasteiger partial charge is 0.218 e. The number of hydrogen-bond acceptors (Lipinski definition) is 5. The largest absolute Gasteiger partial charge is 0.497 e. The van der Waals surface area contributed by atoms with E-state index in [0.29, 0.717) is 16.5 Å². The van der Waals surface area contributed by atoms with Gasteiger partial charge in [-0.1, -0.05) is 27.5 Å². The quantitative estimate of drug-likeness (QED) is 0.717. The molecule has 0 aliphatic rings. The van der Waals surface area contributed by atoms with Crippen LogP contribution in [0.15, 0.2) is 62.9 Å². The van der Waals surface area contributed by atoms with Crippen molar-refractivity contribution in [3.63, 3.8) is 0 Å². The summed E-state index contributed by atoms with van der Waals surface area (Å²) < 4.78 is 30.8. The van der Waals surface area contributed by atoms with Crippen LogP contribution >= 0.6 is 27.5 Å². The van der Waals surface area contributed by atoms with Crippen molar-refractivity contribution in [3.05, 3.63) is 63.1 Å². The highest BCUT2D eigenvalue weighted by molar-refractivity contribution is 9.10. The predicted molar refractivity (Wildman–Crippen MR) is 96.7 cm³/mol. The molecule has 0 fully saturated rings. The second kappa shape index (κ2) is 7.71. The maximum absolute atomic E-state index is 12.5. The summed E-state index contributed by atoms with van der Waals surface area (Å²) in [4.78, 5) is -0.425. The Labute approximate surface area is 153 Å². The van der Waals surface area contributed by atoms with Gasteiger partial charge in [0, 0.05) is 10.7 Å². The summed E-state index contributed by atoms with van der Waals surface area (Å²) in [5.74, 6) is 0.524. The van der Waals surface area contributed by atoms with Crippen LogP contribution in [0, 0.1) is 11.3 Å². The molecule has 0 unspecified atom stereocenters. The van der Waals surface area contributed by atoms with Gasteiger partial charge in [0.2, 0.25) is 9.84 Å². The number of halogens is 2. The SMILES string of the molecule is COc1ccc(S(=O)(=O)/C(C#N)=C/Nc2ccc(Br)cc2Cl)cc1. The third kappa shape index (κ3) is 4.09. The van der Waals surface area contributed by atoms with E-state index in [2.05, 4.69) is 21.2 Å². The van der Waals surface area contributed by atoms with Crippen molar-refractivity contribution < 1.29 is 13.2 Å². The lowest BCUT2D eigenvalue weighted by atomic mass is 10.3. The zero-order valence-corrected chi connectivity index (χ0v) is 15.6. The van der Waals surface area contributed by atoms with Crippen molar-refractivity contribution in [1.82, 2.24) is 0 Å². The molecule has 0 saturated heterocycles. The van der Waals surface area contributed by atoms with Crippen LogP contribution in [0.5, 0.6) is 5.75 Å².